The number of hydrogen-bond acceptors (Lipinski definition) is 0. The molecule has 0 aliphatic heterocycles. The van der Waals surface area contributed by atoms with Crippen LogP contribution in [0.25, 0.3) is 4.85 Å². The van der Waals surface area contributed by atoms with E-state index in [0.29, 0.717) is 89.9 Å². The molecule has 0 radical (unpaired) electrons. The lowest BCUT2D eigenvalue weighted by Gasteiger charge is -2.70. The first-order chi connectivity index (χ1) is 64.4. The molecule has 1 aromatic rings. The molecule has 1 nitrogen and oxygen atoms in total. The van der Waals surface area contributed by atoms with Gasteiger partial charge in [-0.2, -0.15) is 0 Å². The topological polar surface area (TPSA) is 4.36 Å². The second kappa shape index (κ2) is 45.8. The zero-order valence-corrected chi connectivity index (χ0v) is 101. The highest BCUT2D eigenvalue weighted by molar-refractivity contribution is 6.42. The van der Waals surface area contributed by atoms with E-state index in [4.69, 9.17) is 29.8 Å². The lowest BCUT2D eigenvalue weighted by molar-refractivity contribution is -0.198. The Morgan fingerprint density at radius 1 is 0.376 bits per heavy atom. The van der Waals surface area contributed by atoms with Gasteiger partial charge in [-0.3, -0.25) is 0 Å². The summed E-state index contributed by atoms with van der Waals surface area (Å²) in [6.45, 7) is 97.3. The Labute approximate surface area is 879 Å². The van der Waals surface area contributed by atoms with Gasteiger partial charge in [0.1, 0.15) is 5.67 Å². The molecule has 8 atom stereocenters. The van der Waals surface area contributed by atoms with E-state index in [1.165, 1.54) is 166 Å². The van der Waals surface area contributed by atoms with Crippen LogP contribution in [0.4, 0.5) is 30.7 Å². The Morgan fingerprint density at radius 3 is 1.09 bits per heavy atom. The van der Waals surface area contributed by atoms with Gasteiger partial charge >= 0.3 is 0 Å². The molecule has 0 N–H and O–H groups in total. The molecular weight excluding hydrogens is 1790 g/mol. The fraction of sp³-hybridized carbons (Fsp3) is 0.947. The molecule has 24 fully saturated rings. The van der Waals surface area contributed by atoms with Crippen molar-refractivity contribution in [3.05, 3.63) is 45.2 Å². The Hall–Kier alpha value is -1.20. The van der Waals surface area contributed by atoms with Crippen LogP contribution >= 0.6 is 23.2 Å². The minimum absolute atomic E-state index is 0.0274. The van der Waals surface area contributed by atoms with Crippen LogP contribution in [0, 0.1) is 219 Å². The first-order valence-electron chi connectivity index (χ1n) is 60.0. The molecule has 6 unspecified atom stereocenters. The van der Waals surface area contributed by atoms with Crippen molar-refractivity contribution in [2.45, 2.75) is 574 Å². The van der Waals surface area contributed by atoms with Crippen LogP contribution in [0.15, 0.2) is 18.2 Å². The Morgan fingerprint density at radius 2 is 0.773 bits per heavy atom. The van der Waals surface area contributed by atoms with Crippen molar-refractivity contribution in [2.24, 2.45) is 212 Å². The zero-order chi connectivity index (χ0) is 107. The Bertz CT molecular complexity index is 3890. The minimum Gasteiger partial charge on any atom is -0.309 e. The van der Waals surface area contributed by atoms with Crippen LogP contribution in [0.1, 0.15) is 545 Å². The van der Waals surface area contributed by atoms with Crippen LogP contribution in [-0.2, 0) is 5.41 Å². The normalized spacial score (nSPS) is 40.7. The number of fused-ring (bicyclic) bond motifs is 2. The van der Waals surface area contributed by atoms with Gasteiger partial charge in [0.25, 0.3) is 11.8 Å². The zero-order valence-electron chi connectivity index (χ0n) is 99.6. The second-order valence-electron chi connectivity index (χ2n) is 63.8. The van der Waals surface area contributed by atoms with E-state index in [1.807, 2.05) is 45.9 Å². The third-order valence-electron chi connectivity index (χ3n) is 43.6. The summed E-state index contributed by atoms with van der Waals surface area (Å²) in [6.07, 6.45) is 52.6. The number of alkyl halides is 7. The Balaban J connectivity index is 0.000000173. The van der Waals surface area contributed by atoms with E-state index < -0.39 is 23.4 Å². The average molecular weight is 2020 g/mol. The largest absolute Gasteiger partial charge is 0.309 e. The molecule has 25 rings (SSSR count). The first kappa shape index (κ1) is 123. The molecule has 0 saturated heterocycles. The summed E-state index contributed by atoms with van der Waals surface area (Å²) in [5.41, 5.74) is 6.98. The third kappa shape index (κ3) is 30.5. The number of rotatable bonds is 3. The molecule has 24 aliphatic rings. The molecule has 820 valence electrons. The number of hydrogen-bond donors (Lipinski definition) is 0. The van der Waals surface area contributed by atoms with Gasteiger partial charge in [0.2, 0.25) is 11.5 Å². The quantitative estimate of drug-likeness (QED) is 0.210. The summed E-state index contributed by atoms with van der Waals surface area (Å²) in [4.78, 5) is 4.24. The minimum atomic E-state index is -2.40. The maximum absolute atomic E-state index is 14.3. The number of nitrogens with zero attached hydrogens (tertiary/aromatic N) is 1. The maximum Gasteiger partial charge on any atom is 0.254 e. The molecule has 16 bridgehead atoms. The predicted octanol–water partition coefficient (Wildman–Crippen LogP) is 44.4. The van der Waals surface area contributed by atoms with E-state index in [-0.39, 0.29) is 69.1 Å². The molecule has 10 heteroatoms. The molecule has 141 heavy (non-hydrogen) atoms. The van der Waals surface area contributed by atoms with Crippen molar-refractivity contribution < 1.29 is 30.7 Å². The highest BCUT2D eigenvalue weighted by Crippen LogP contribution is 2.76. The van der Waals surface area contributed by atoms with Crippen molar-refractivity contribution in [3.63, 3.8) is 0 Å². The van der Waals surface area contributed by atoms with Gasteiger partial charge in [0, 0.05) is 53.8 Å². The summed E-state index contributed by atoms with van der Waals surface area (Å²) in [6, 6.07) is 5.77. The van der Waals surface area contributed by atoms with E-state index in [1.54, 1.807) is 38.5 Å². The van der Waals surface area contributed by atoms with Crippen LogP contribution < -0.4 is 0 Å². The van der Waals surface area contributed by atoms with E-state index in [9.17, 15) is 30.7 Å². The van der Waals surface area contributed by atoms with Crippen LogP contribution in [-0.4, -0.2) is 29.0 Å². The molecular formula is C131H228Cl2F7N. The molecule has 24 aliphatic carbocycles. The summed E-state index contributed by atoms with van der Waals surface area (Å²) >= 11 is 11.7. The molecule has 1 aromatic carbocycles. The standard InChI is InChI=1S/C16H28.C15H23N.C14H24.C13H21F.C12H24.C11H20F2.C10H12Cl2.C10H16F2.C10H20.C9H18.C7H10F2.2C2H6/c1-12(2)16-9-13(3)6-14(4,10-16)8-15(5,7-13)11-16;1-14(2,3)15(16-4)12-6-10-5-11(8-12)9-13(15)7-10;1-13(2,3)14-7-10-4-11(8-14)6-12(5-10)9-14;1-8(2)12-10-3-9-4-11(12)7-13(14,5-9)6-10;1-11(2,3)10-7-6-8-12(4,5)9-10;1-9(2,3)10(4)5-7-11(12,13)8-6-10;1-10(2,3)7-4-5-8(11)9(12)6-7;1-9(2,3)6-4-7-8(5-6)10(7,11)12;1-8(2)10-6-4-9(3)5-7-10;1-8-4-6-9(2,3)7-5-8;1-4-2-5-6(3-4)7(5,8)9;2*1-2/h12H,6-11H2,1-5H3;10-13H,5-9H2,1-3H3;10-12H,4-9H2,1-3H3;8-12H,3-7H2,1-2H3;10H,6-9H2,1-5H3;5-8H2,1-4H3;4-6H,1-3H3;6-8H,4-5H2,1-3H3;8-10H,4-7H2,1-3H3;8H,4-7H2,1-3H3;4-6H,2-3H2,1H3;2*1-2H3/t;;;;;;;;;;4?,5-,6+;;. The van der Waals surface area contributed by atoms with Gasteiger partial charge in [0.15, 0.2) is 0 Å². The van der Waals surface area contributed by atoms with Crippen molar-refractivity contribution in [3.8, 4) is 0 Å². The monoisotopic (exact) mass is 2020 g/mol. The maximum atomic E-state index is 14.3. The molecule has 24 saturated carbocycles. The Kier molecular flexibility index (Phi) is 40.1. The molecule has 0 aromatic heterocycles. The molecule has 0 spiro atoms. The van der Waals surface area contributed by atoms with Crippen molar-refractivity contribution in [1.29, 1.82) is 0 Å². The fourth-order valence-corrected chi connectivity index (χ4v) is 36.3. The fourth-order valence-electron chi connectivity index (χ4n) is 36.0. The average Bonchev–Trinajstić information content (AvgIpc) is 1.65. The van der Waals surface area contributed by atoms with E-state index >= 15 is 0 Å². The van der Waals surface area contributed by atoms with Crippen LogP contribution in [0.2, 0.25) is 10.0 Å². The van der Waals surface area contributed by atoms with Crippen LogP contribution in [0.3, 0.4) is 0 Å². The van der Waals surface area contributed by atoms with Crippen molar-refractivity contribution in [1.82, 2.24) is 0 Å². The van der Waals surface area contributed by atoms with Gasteiger partial charge < -0.3 is 4.85 Å². The highest BCUT2D eigenvalue weighted by atomic mass is 35.5. The van der Waals surface area contributed by atoms with Gasteiger partial charge in [0.05, 0.1) is 10.0 Å². The summed E-state index contributed by atoms with van der Waals surface area (Å²) in [5, 5.41) is 1.24. The molecule has 0 heterocycles. The predicted molar refractivity (Wildman–Crippen MR) is 597 cm³/mol. The van der Waals surface area contributed by atoms with E-state index in [0.717, 1.165) is 145 Å². The third-order valence-corrected chi connectivity index (χ3v) is 44.4. The van der Waals surface area contributed by atoms with Gasteiger partial charge in [-0.15, -0.1) is 0 Å². The van der Waals surface area contributed by atoms with E-state index in [2.05, 4.69) is 247 Å². The van der Waals surface area contributed by atoms with Gasteiger partial charge in [-0.1, -0.05) is 331 Å². The first-order valence-corrected chi connectivity index (χ1v) is 60.8. The van der Waals surface area contributed by atoms with Crippen molar-refractivity contribution in [2.75, 3.05) is 0 Å². The van der Waals surface area contributed by atoms with Gasteiger partial charge in [-0.05, 0) is 419 Å². The smallest absolute Gasteiger partial charge is 0.254 e. The lowest BCUT2D eigenvalue weighted by atomic mass is 9.35. The van der Waals surface area contributed by atoms with Crippen LogP contribution in [0.5, 0.6) is 0 Å². The SMILES string of the molecule is CC.CC.CC(C)(C)C1(C)CCC(F)(F)CC1.CC(C)(C)C12CC3CC(CC(C3)C1)C2.CC(C)(C)C1CC2C(C1)C2(F)F.CC(C)(C)c1ccc(Cl)c(Cl)c1.CC(C)C12CC3(C)CC(C)(CC(C)(C3)C1)C2.CC(C)C1C2CC3CC1CC(F)(C3)C2.CC1(C)CCCC(C(C)(C)C)C1.CC1CCC(C(C)C)CC1.CC1CCC(C)(C)CC1.CC1C[C@@H]2[C@H](C1)C2(F)F.[C-]#[N+]C1(C(C)(C)C)C2CC3CC(C2)CC1C3. The highest BCUT2D eigenvalue weighted by Gasteiger charge is 2.74. The molecule has 0 amide bonds. The van der Waals surface area contributed by atoms with Crippen molar-refractivity contribution >= 4 is 23.2 Å². The summed E-state index contributed by atoms with van der Waals surface area (Å²) in [5.74, 6) is 9.45. The summed E-state index contributed by atoms with van der Waals surface area (Å²) < 4.78 is 90.6. The second-order valence-corrected chi connectivity index (χ2v) is 64.6. The number of halogens is 9. The summed E-state index contributed by atoms with van der Waals surface area (Å²) in [7, 11) is 0. The number of benzene rings is 1. The van der Waals surface area contributed by atoms with Gasteiger partial charge in [-0.25, -0.2) is 37.3 Å². The lowest BCUT2D eigenvalue weighted by Crippen LogP contribution is -2.61.